The molecule has 0 aliphatic rings. The highest BCUT2D eigenvalue weighted by Gasteiger charge is 2.30. The number of rotatable bonds is 10. The van der Waals surface area contributed by atoms with Gasteiger partial charge in [0.05, 0.1) is 12.1 Å². The molecule has 0 saturated heterocycles. The molecule has 184 valence electrons. The summed E-state index contributed by atoms with van der Waals surface area (Å²) in [5.41, 5.74) is 4.77. The highest BCUT2D eigenvalue weighted by Crippen LogP contribution is 2.30. The van der Waals surface area contributed by atoms with Gasteiger partial charge < -0.3 is 15.2 Å². The minimum atomic E-state index is -4.44. The van der Waals surface area contributed by atoms with Crippen molar-refractivity contribution in [1.82, 2.24) is 19.7 Å². The van der Waals surface area contributed by atoms with Gasteiger partial charge in [0.2, 0.25) is 11.7 Å². The Hall–Kier alpha value is -3.57. The second kappa shape index (κ2) is 10.6. The smallest absolute Gasteiger partial charge is 0.383 e. The predicted octanol–water partition coefficient (Wildman–Crippen LogP) is 3.79. The molecule has 0 aliphatic carbocycles. The molecule has 34 heavy (non-hydrogen) atoms. The van der Waals surface area contributed by atoms with Crippen LogP contribution in [0.5, 0.6) is 0 Å². The van der Waals surface area contributed by atoms with Crippen LogP contribution in [0.3, 0.4) is 0 Å². The normalized spacial score (nSPS) is 11.7. The molecular formula is C22H27F3N6O3. The molecule has 9 nitrogen and oxygen atoms in total. The molecule has 1 aromatic carbocycles. The minimum absolute atomic E-state index is 0.0346. The van der Waals surface area contributed by atoms with Gasteiger partial charge in [0.1, 0.15) is 11.5 Å². The summed E-state index contributed by atoms with van der Waals surface area (Å²) in [6.07, 6.45) is -1.32. The van der Waals surface area contributed by atoms with Crippen molar-refractivity contribution < 1.29 is 17.7 Å². The Morgan fingerprint density at radius 2 is 1.79 bits per heavy atom. The number of unbranched alkanes of at least 4 members (excludes halogenated alkanes) is 2. The molecule has 0 unspecified atom stereocenters. The molecule has 0 fully saturated rings. The first-order chi connectivity index (χ1) is 16.2. The van der Waals surface area contributed by atoms with Crippen molar-refractivity contribution in [3.05, 3.63) is 56.6 Å². The fourth-order valence-corrected chi connectivity index (χ4v) is 3.45. The number of nitrogens with zero attached hydrogens (tertiary/aromatic N) is 4. The zero-order chi connectivity index (χ0) is 24.9. The van der Waals surface area contributed by atoms with Crippen LogP contribution in [-0.2, 0) is 19.3 Å². The lowest BCUT2D eigenvalue weighted by Crippen LogP contribution is -2.38. The number of hydrogen-bond acceptors (Lipinski definition) is 7. The van der Waals surface area contributed by atoms with Crippen LogP contribution in [0.25, 0.3) is 11.4 Å². The van der Waals surface area contributed by atoms with E-state index in [0.717, 1.165) is 31.4 Å². The average Bonchev–Trinajstić information content (AvgIpc) is 3.25. The molecule has 0 spiro atoms. The third-order valence-corrected chi connectivity index (χ3v) is 5.31. The Bertz CT molecular complexity index is 1210. The lowest BCUT2D eigenvalue weighted by atomic mass is 10.1. The number of hydrogen-bond donors (Lipinski definition) is 2. The molecule has 0 radical (unpaired) electrons. The first-order valence-corrected chi connectivity index (χ1v) is 11.0. The summed E-state index contributed by atoms with van der Waals surface area (Å²) in [5, 5.41) is 3.86. The van der Waals surface area contributed by atoms with Crippen molar-refractivity contribution in [2.75, 3.05) is 17.2 Å². The highest BCUT2D eigenvalue weighted by atomic mass is 19.4. The number of halogens is 3. The lowest BCUT2D eigenvalue weighted by molar-refractivity contribution is -0.137. The van der Waals surface area contributed by atoms with Gasteiger partial charge in [0.25, 0.3) is 5.56 Å². The van der Waals surface area contributed by atoms with Crippen molar-refractivity contribution in [2.24, 2.45) is 0 Å². The number of aromatic nitrogens is 4. The fraction of sp³-hybridized carbons (Fsp3) is 0.455. The maximum Gasteiger partial charge on any atom is 0.416 e. The molecule has 0 atom stereocenters. The molecule has 2 heterocycles. The SMILES string of the molecule is CCCCN(Cc1nc(-c2ccc(C(F)(F)F)cc2)no1)c1c(N)n(CCCC)c(=O)[nH]c1=O. The van der Waals surface area contributed by atoms with E-state index in [1.54, 1.807) is 4.90 Å². The zero-order valence-corrected chi connectivity index (χ0v) is 19.0. The predicted molar refractivity (Wildman–Crippen MR) is 121 cm³/mol. The van der Waals surface area contributed by atoms with Crippen LogP contribution < -0.4 is 21.9 Å². The first-order valence-electron chi connectivity index (χ1n) is 11.0. The number of nitrogen functional groups attached to an aromatic ring is 1. The van der Waals surface area contributed by atoms with E-state index in [2.05, 4.69) is 15.1 Å². The summed E-state index contributed by atoms with van der Waals surface area (Å²) < 4.78 is 45.0. The van der Waals surface area contributed by atoms with Crippen molar-refractivity contribution in [1.29, 1.82) is 0 Å². The van der Waals surface area contributed by atoms with E-state index in [4.69, 9.17) is 10.3 Å². The van der Waals surface area contributed by atoms with Crippen molar-refractivity contribution in [2.45, 2.75) is 58.8 Å². The number of H-pyrrole nitrogens is 1. The highest BCUT2D eigenvalue weighted by molar-refractivity contribution is 5.62. The van der Waals surface area contributed by atoms with E-state index >= 15 is 0 Å². The van der Waals surface area contributed by atoms with Gasteiger partial charge in [-0.1, -0.05) is 44.0 Å². The summed E-state index contributed by atoms with van der Waals surface area (Å²) in [6, 6.07) is 4.41. The molecule has 0 saturated carbocycles. The van der Waals surface area contributed by atoms with E-state index in [-0.39, 0.29) is 29.8 Å². The van der Waals surface area contributed by atoms with Crippen LogP contribution in [0.2, 0.25) is 0 Å². The number of anilines is 2. The van der Waals surface area contributed by atoms with E-state index in [1.807, 2.05) is 13.8 Å². The van der Waals surface area contributed by atoms with Crippen LogP contribution in [0.4, 0.5) is 24.7 Å². The van der Waals surface area contributed by atoms with Crippen LogP contribution in [-0.4, -0.2) is 26.2 Å². The number of benzene rings is 1. The van der Waals surface area contributed by atoms with Crippen LogP contribution in [0.15, 0.2) is 38.4 Å². The molecule has 12 heteroatoms. The summed E-state index contributed by atoms with van der Waals surface area (Å²) in [6.45, 7) is 4.81. The second-order valence-electron chi connectivity index (χ2n) is 7.86. The number of nitrogens with one attached hydrogen (secondary N) is 1. The van der Waals surface area contributed by atoms with E-state index in [1.165, 1.54) is 16.7 Å². The van der Waals surface area contributed by atoms with E-state index < -0.39 is 23.0 Å². The monoisotopic (exact) mass is 480 g/mol. The molecule has 0 aliphatic heterocycles. The Morgan fingerprint density at radius 3 is 2.41 bits per heavy atom. The van der Waals surface area contributed by atoms with Gasteiger partial charge in [0.15, 0.2) is 0 Å². The minimum Gasteiger partial charge on any atom is -0.383 e. The van der Waals surface area contributed by atoms with Gasteiger partial charge in [-0.05, 0) is 25.0 Å². The maximum absolute atomic E-state index is 12.8. The van der Waals surface area contributed by atoms with Gasteiger partial charge in [-0.2, -0.15) is 18.2 Å². The fourth-order valence-electron chi connectivity index (χ4n) is 3.45. The van der Waals surface area contributed by atoms with Crippen LogP contribution in [0, 0.1) is 0 Å². The van der Waals surface area contributed by atoms with Gasteiger partial charge in [-0.25, -0.2) is 4.79 Å². The lowest BCUT2D eigenvalue weighted by Gasteiger charge is -2.24. The molecular weight excluding hydrogens is 453 g/mol. The Balaban J connectivity index is 1.91. The Morgan fingerprint density at radius 1 is 1.12 bits per heavy atom. The van der Waals surface area contributed by atoms with Gasteiger partial charge in [0, 0.05) is 18.7 Å². The standard InChI is InChI=1S/C22H27F3N6O3/c1-3-5-11-30(17-18(26)31(12-6-4-2)21(33)28-20(17)32)13-16-27-19(29-34-16)14-7-9-15(10-8-14)22(23,24)25/h7-10H,3-6,11-13,26H2,1-2H3,(H,28,32,33). The molecule has 2 aromatic heterocycles. The Labute approximate surface area is 193 Å². The van der Waals surface area contributed by atoms with Crippen LogP contribution in [0.1, 0.15) is 51.0 Å². The van der Waals surface area contributed by atoms with E-state index in [0.29, 0.717) is 25.1 Å². The summed E-state index contributed by atoms with van der Waals surface area (Å²) in [5.74, 6) is 0.325. The molecule has 3 rings (SSSR count). The van der Waals surface area contributed by atoms with Gasteiger partial charge >= 0.3 is 11.9 Å². The molecule has 0 bridgehead atoms. The number of aromatic amines is 1. The molecule has 0 amide bonds. The van der Waals surface area contributed by atoms with Crippen molar-refractivity contribution >= 4 is 11.5 Å². The Kier molecular flexibility index (Phi) is 7.79. The quantitative estimate of drug-likeness (QED) is 0.452. The van der Waals surface area contributed by atoms with Crippen molar-refractivity contribution in [3.8, 4) is 11.4 Å². The number of nitrogens with two attached hydrogens (primary N) is 1. The summed E-state index contributed by atoms with van der Waals surface area (Å²) >= 11 is 0. The third kappa shape index (κ3) is 5.67. The molecule has 3 N–H and O–H groups in total. The van der Waals surface area contributed by atoms with Gasteiger partial charge in [-0.3, -0.25) is 14.3 Å². The number of alkyl halides is 3. The second-order valence-corrected chi connectivity index (χ2v) is 7.86. The third-order valence-electron chi connectivity index (χ3n) is 5.31. The van der Waals surface area contributed by atoms with Gasteiger partial charge in [-0.15, -0.1) is 0 Å². The topological polar surface area (TPSA) is 123 Å². The summed E-state index contributed by atoms with van der Waals surface area (Å²) in [4.78, 5) is 33.2. The average molecular weight is 480 g/mol. The largest absolute Gasteiger partial charge is 0.416 e. The van der Waals surface area contributed by atoms with Crippen molar-refractivity contribution in [3.63, 3.8) is 0 Å². The molecule has 3 aromatic rings. The zero-order valence-electron chi connectivity index (χ0n) is 19.0. The summed E-state index contributed by atoms with van der Waals surface area (Å²) in [7, 11) is 0. The maximum atomic E-state index is 12.8. The first kappa shape index (κ1) is 25.1. The van der Waals surface area contributed by atoms with E-state index in [9.17, 15) is 22.8 Å². The van der Waals surface area contributed by atoms with Crippen LogP contribution >= 0.6 is 0 Å².